The standard InChI is InChI=1S/C29H39N3O8S/c1-6-38-27(34)21-17-22-26(41(5,36)37)32(21)25(33)23(29(2,3)4)31-28(35)39-15-9-7-8-10-18-11-12-19-13-14-30-24(40-22)20(19)16-18/h11-14,16,21-23,26H,6-10,15,17H2,1-5H3,(H,31,35)/t21-,22+,23+,26?/m0/s1. The molecule has 2 aliphatic heterocycles. The van der Waals surface area contributed by atoms with Gasteiger partial charge in [-0.2, -0.15) is 0 Å². The molecule has 1 aromatic heterocycles. The van der Waals surface area contributed by atoms with Gasteiger partial charge in [-0.15, -0.1) is 0 Å². The predicted octanol–water partition coefficient (Wildman–Crippen LogP) is 3.38. The summed E-state index contributed by atoms with van der Waals surface area (Å²) in [6, 6.07) is 5.32. The average Bonchev–Trinajstić information content (AvgIpc) is 3.28. The van der Waals surface area contributed by atoms with E-state index >= 15 is 0 Å². The summed E-state index contributed by atoms with van der Waals surface area (Å²) in [4.78, 5) is 45.6. The first kappa shape index (κ1) is 30.5. The number of rotatable bonds is 3. The summed E-state index contributed by atoms with van der Waals surface area (Å²) in [5.74, 6) is -1.28. The van der Waals surface area contributed by atoms with Crippen molar-refractivity contribution in [3.8, 4) is 5.88 Å². The molecule has 0 saturated carbocycles. The van der Waals surface area contributed by atoms with Crippen LogP contribution in [0, 0.1) is 5.41 Å². The molecule has 2 amide bonds. The molecule has 2 aliphatic rings. The number of cyclic esters (lactones) is 1. The fourth-order valence-corrected chi connectivity index (χ4v) is 6.82. The van der Waals surface area contributed by atoms with Crippen LogP contribution in [0.3, 0.4) is 0 Å². The minimum absolute atomic E-state index is 0.0351. The van der Waals surface area contributed by atoms with Crippen LogP contribution in [-0.4, -0.2) is 79.3 Å². The lowest BCUT2D eigenvalue weighted by molar-refractivity contribution is -0.154. The van der Waals surface area contributed by atoms with Crippen LogP contribution in [-0.2, 0) is 35.3 Å². The van der Waals surface area contributed by atoms with Crippen molar-refractivity contribution < 1.29 is 37.0 Å². The van der Waals surface area contributed by atoms with E-state index in [2.05, 4.69) is 10.3 Å². The quantitative estimate of drug-likeness (QED) is 0.533. The van der Waals surface area contributed by atoms with Crippen molar-refractivity contribution in [3.05, 3.63) is 36.0 Å². The number of hydrogen-bond donors (Lipinski definition) is 1. The van der Waals surface area contributed by atoms with E-state index in [0.29, 0.717) is 11.8 Å². The summed E-state index contributed by atoms with van der Waals surface area (Å²) in [5.41, 5.74) is 0.195. The Bertz CT molecular complexity index is 1400. The van der Waals surface area contributed by atoms with Gasteiger partial charge < -0.3 is 24.4 Å². The molecule has 11 nitrogen and oxygen atoms in total. The van der Waals surface area contributed by atoms with Crippen LogP contribution in [0.15, 0.2) is 30.5 Å². The second-order valence-electron chi connectivity index (χ2n) is 11.7. The van der Waals surface area contributed by atoms with Crippen molar-refractivity contribution in [1.82, 2.24) is 15.2 Å². The van der Waals surface area contributed by atoms with E-state index in [9.17, 15) is 22.8 Å². The monoisotopic (exact) mass is 589 g/mol. The number of pyridine rings is 1. The molecule has 1 saturated heterocycles. The SMILES string of the molecule is CCOC(=O)[C@@H]1C[C@H]2Oc3nccc4ccc(cc34)CCCCCOC(=O)N[C@@H](C(C)(C)C)C(=O)N1C2S(C)(=O)=O. The number of carbonyl (C=O) groups is 3. The average molecular weight is 590 g/mol. The first-order valence-corrected chi connectivity index (χ1v) is 15.9. The molecule has 4 bridgehead atoms. The third-order valence-corrected chi connectivity index (χ3v) is 8.82. The maximum atomic E-state index is 14.2. The van der Waals surface area contributed by atoms with E-state index < -0.39 is 56.8 Å². The van der Waals surface area contributed by atoms with Crippen molar-refractivity contribution >= 4 is 38.6 Å². The largest absolute Gasteiger partial charge is 0.470 e. The Morgan fingerprint density at radius 2 is 1.93 bits per heavy atom. The number of nitrogens with zero attached hydrogens (tertiary/aromatic N) is 2. The second kappa shape index (κ2) is 12.2. The molecule has 4 rings (SSSR count). The number of fused-ring (bicyclic) bond motifs is 3. The summed E-state index contributed by atoms with van der Waals surface area (Å²) >= 11 is 0. The van der Waals surface area contributed by atoms with Gasteiger partial charge >= 0.3 is 12.1 Å². The zero-order valence-corrected chi connectivity index (χ0v) is 25.0. The van der Waals surface area contributed by atoms with Crippen molar-refractivity contribution in [2.45, 2.75) is 83.4 Å². The molecule has 41 heavy (non-hydrogen) atoms. The molecule has 12 heteroatoms. The van der Waals surface area contributed by atoms with E-state index in [0.717, 1.165) is 41.4 Å². The molecule has 2 aromatic rings. The van der Waals surface area contributed by atoms with E-state index in [4.69, 9.17) is 14.2 Å². The summed E-state index contributed by atoms with van der Waals surface area (Å²) < 4.78 is 43.6. The van der Waals surface area contributed by atoms with E-state index in [1.165, 1.54) is 0 Å². The van der Waals surface area contributed by atoms with Gasteiger partial charge in [0.1, 0.15) is 18.2 Å². The highest BCUT2D eigenvalue weighted by Gasteiger charge is 2.56. The molecule has 0 aliphatic carbocycles. The van der Waals surface area contributed by atoms with Crippen molar-refractivity contribution in [2.75, 3.05) is 19.5 Å². The Balaban J connectivity index is 1.86. The number of nitrogens with one attached hydrogen (secondary N) is 1. The Morgan fingerprint density at radius 3 is 2.61 bits per heavy atom. The predicted molar refractivity (Wildman–Crippen MR) is 152 cm³/mol. The summed E-state index contributed by atoms with van der Waals surface area (Å²) in [5, 5.41) is 2.66. The van der Waals surface area contributed by atoms with Crippen LogP contribution in [0.1, 0.15) is 58.9 Å². The van der Waals surface area contributed by atoms with Crippen molar-refractivity contribution in [2.24, 2.45) is 5.41 Å². The van der Waals surface area contributed by atoms with Gasteiger partial charge in [0, 0.05) is 24.3 Å². The van der Waals surface area contributed by atoms with Crippen LogP contribution >= 0.6 is 0 Å². The molecule has 1 unspecified atom stereocenters. The van der Waals surface area contributed by atoms with Gasteiger partial charge in [-0.1, -0.05) is 32.9 Å². The normalized spacial score (nSPS) is 24.7. The van der Waals surface area contributed by atoms with Gasteiger partial charge in [0.2, 0.25) is 11.8 Å². The zero-order valence-electron chi connectivity index (χ0n) is 24.2. The molecular weight excluding hydrogens is 550 g/mol. The maximum Gasteiger partial charge on any atom is 0.407 e. The number of ether oxygens (including phenoxy) is 3. The van der Waals surface area contributed by atoms with Crippen molar-refractivity contribution in [3.63, 3.8) is 0 Å². The lowest BCUT2D eigenvalue weighted by Crippen LogP contribution is -2.60. The first-order valence-electron chi connectivity index (χ1n) is 14.0. The molecule has 0 spiro atoms. The highest BCUT2D eigenvalue weighted by molar-refractivity contribution is 7.91. The third-order valence-electron chi connectivity index (χ3n) is 7.41. The smallest absolute Gasteiger partial charge is 0.407 e. The van der Waals surface area contributed by atoms with Crippen LogP contribution < -0.4 is 10.1 Å². The Hall–Kier alpha value is -3.41. The van der Waals surface area contributed by atoms with Gasteiger partial charge in [0.25, 0.3) is 0 Å². The minimum Gasteiger partial charge on any atom is -0.470 e. The molecule has 224 valence electrons. The number of amides is 2. The number of aromatic nitrogens is 1. The summed E-state index contributed by atoms with van der Waals surface area (Å²) in [6.45, 7) is 7.03. The molecule has 1 fully saturated rings. The van der Waals surface area contributed by atoms with Gasteiger partial charge in [0.05, 0.1) is 13.2 Å². The van der Waals surface area contributed by atoms with E-state index in [1.807, 2.05) is 24.3 Å². The van der Waals surface area contributed by atoms with E-state index in [-0.39, 0.29) is 25.5 Å². The number of esters is 1. The van der Waals surface area contributed by atoms with Crippen LogP contribution in [0.5, 0.6) is 5.88 Å². The molecular formula is C29H39N3O8S. The second-order valence-corrected chi connectivity index (χ2v) is 13.8. The highest BCUT2D eigenvalue weighted by atomic mass is 32.2. The lowest BCUT2D eigenvalue weighted by atomic mass is 9.85. The summed E-state index contributed by atoms with van der Waals surface area (Å²) in [7, 11) is -4.03. The number of benzene rings is 1. The number of carbonyl (C=O) groups excluding carboxylic acids is 3. The fraction of sp³-hybridized carbons (Fsp3) is 0.586. The van der Waals surface area contributed by atoms with Crippen LogP contribution in [0.25, 0.3) is 10.8 Å². The molecule has 0 radical (unpaired) electrons. The van der Waals surface area contributed by atoms with Crippen molar-refractivity contribution in [1.29, 1.82) is 0 Å². The molecule has 1 N–H and O–H groups in total. The molecule has 1 aromatic carbocycles. The van der Waals surface area contributed by atoms with E-state index in [1.54, 1.807) is 33.9 Å². The third kappa shape index (κ3) is 6.91. The van der Waals surface area contributed by atoms with Gasteiger partial charge in [-0.05, 0) is 61.1 Å². The Morgan fingerprint density at radius 1 is 1.17 bits per heavy atom. The number of sulfone groups is 1. The van der Waals surface area contributed by atoms with Crippen LogP contribution in [0.2, 0.25) is 0 Å². The van der Waals surface area contributed by atoms with Gasteiger partial charge in [-0.3, -0.25) is 4.79 Å². The zero-order chi connectivity index (χ0) is 29.9. The van der Waals surface area contributed by atoms with Crippen LogP contribution in [0.4, 0.5) is 4.79 Å². The fourth-order valence-electron chi connectivity index (χ4n) is 5.43. The molecule has 3 heterocycles. The minimum atomic E-state index is -4.03. The lowest BCUT2D eigenvalue weighted by Gasteiger charge is -2.37. The maximum absolute atomic E-state index is 14.2. The Labute approximate surface area is 240 Å². The number of alkyl carbamates (subject to hydrolysis) is 1. The molecule has 4 atom stereocenters. The topological polar surface area (TPSA) is 141 Å². The number of hydrogen-bond acceptors (Lipinski definition) is 9. The summed E-state index contributed by atoms with van der Waals surface area (Å²) in [6.07, 6.45) is 3.63. The number of aryl methyl sites for hydroxylation is 1. The van der Waals surface area contributed by atoms with Gasteiger partial charge in [0.15, 0.2) is 15.2 Å². The van der Waals surface area contributed by atoms with Gasteiger partial charge in [-0.25, -0.2) is 23.0 Å². The Kier molecular flexibility index (Phi) is 9.10. The first-order chi connectivity index (χ1) is 19.3. The highest BCUT2D eigenvalue weighted by Crippen LogP contribution is 2.36.